The Morgan fingerprint density at radius 1 is 0.964 bits per heavy atom. The van der Waals surface area contributed by atoms with E-state index in [1.807, 2.05) is 43.1 Å². The molecule has 0 fully saturated rings. The van der Waals surface area contributed by atoms with Crippen molar-refractivity contribution in [2.24, 2.45) is 0 Å². The minimum Gasteiger partial charge on any atom is -0.469 e. The van der Waals surface area contributed by atoms with E-state index in [1.165, 1.54) is 0 Å². The van der Waals surface area contributed by atoms with E-state index in [0.717, 1.165) is 46.9 Å². The van der Waals surface area contributed by atoms with Crippen LogP contribution in [0.25, 0.3) is 22.5 Å². The minimum absolute atomic E-state index is 0.638. The molecule has 4 aromatic heterocycles. The second-order valence-corrected chi connectivity index (χ2v) is 6.41. The summed E-state index contributed by atoms with van der Waals surface area (Å²) in [5, 5.41) is 0. The molecule has 0 amide bonds. The molecule has 4 aromatic rings. The maximum absolute atomic E-state index is 5.50. The van der Waals surface area contributed by atoms with Crippen molar-refractivity contribution in [2.45, 2.75) is 13.3 Å². The summed E-state index contributed by atoms with van der Waals surface area (Å²) in [5.74, 6) is 1.44. The summed E-state index contributed by atoms with van der Waals surface area (Å²) < 4.78 is 5.50. The molecular formula is C21H20N6O. The first kappa shape index (κ1) is 17.8. The average Bonchev–Trinajstić information content (AvgIpc) is 3.18. The molecule has 7 heteroatoms. The molecule has 0 bridgehead atoms. The summed E-state index contributed by atoms with van der Waals surface area (Å²) in [6, 6.07) is 7.84. The number of rotatable bonds is 6. The first-order valence-electron chi connectivity index (χ1n) is 9.01. The van der Waals surface area contributed by atoms with Gasteiger partial charge < -0.3 is 9.32 Å². The number of furan rings is 1. The number of anilines is 1. The van der Waals surface area contributed by atoms with Gasteiger partial charge >= 0.3 is 0 Å². The molecule has 0 saturated carbocycles. The van der Waals surface area contributed by atoms with Crippen molar-refractivity contribution in [1.29, 1.82) is 0 Å². The third kappa shape index (κ3) is 3.73. The number of likely N-dealkylation sites (N-methyl/N-ethyl adjacent to an activating group) is 1. The van der Waals surface area contributed by atoms with Gasteiger partial charge in [0.25, 0.3) is 0 Å². The molecule has 4 heterocycles. The van der Waals surface area contributed by atoms with E-state index in [0.29, 0.717) is 5.95 Å². The zero-order chi connectivity index (χ0) is 19.3. The van der Waals surface area contributed by atoms with Gasteiger partial charge in [0.1, 0.15) is 5.76 Å². The van der Waals surface area contributed by atoms with E-state index < -0.39 is 0 Å². The van der Waals surface area contributed by atoms with Crippen molar-refractivity contribution in [1.82, 2.24) is 24.9 Å². The molecule has 0 N–H and O–H groups in total. The van der Waals surface area contributed by atoms with Crippen molar-refractivity contribution in [3.05, 3.63) is 73.0 Å². The Kier molecular flexibility index (Phi) is 5.05. The topological polar surface area (TPSA) is 80.8 Å². The van der Waals surface area contributed by atoms with Crippen molar-refractivity contribution in [3.63, 3.8) is 0 Å². The van der Waals surface area contributed by atoms with Crippen molar-refractivity contribution in [2.75, 3.05) is 18.5 Å². The molecular weight excluding hydrogens is 352 g/mol. The maximum Gasteiger partial charge on any atom is 0.225 e. The van der Waals surface area contributed by atoms with E-state index >= 15 is 0 Å². The van der Waals surface area contributed by atoms with Crippen LogP contribution in [0.3, 0.4) is 0 Å². The standard InChI is InChI=1S/C21H20N6O/c1-15-17(7-12-28-15)20-18(19-14-22-9-10-24-19)13-25-21(26-20)27(2)11-6-16-5-3-4-8-23-16/h3-5,7-10,12-14H,6,11H2,1-2H3. The largest absolute Gasteiger partial charge is 0.469 e. The lowest BCUT2D eigenvalue weighted by atomic mass is 10.1. The first-order chi connectivity index (χ1) is 13.7. The summed E-state index contributed by atoms with van der Waals surface area (Å²) in [4.78, 5) is 24.4. The summed E-state index contributed by atoms with van der Waals surface area (Å²) in [6.07, 6.45) is 11.1. The van der Waals surface area contributed by atoms with E-state index in [2.05, 4.69) is 19.9 Å². The van der Waals surface area contributed by atoms with Crippen LogP contribution in [0.2, 0.25) is 0 Å². The molecule has 28 heavy (non-hydrogen) atoms. The lowest BCUT2D eigenvalue weighted by Gasteiger charge is -2.18. The summed E-state index contributed by atoms with van der Waals surface area (Å²) >= 11 is 0. The van der Waals surface area contributed by atoms with Gasteiger partial charge in [0.15, 0.2) is 0 Å². The molecule has 0 aromatic carbocycles. The second kappa shape index (κ2) is 7.96. The van der Waals surface area contributed by atoms with Crippen molar-refractivity contribution < 1.29 is 4.42 Å². The number of hydrogen-bond donors (Lipinski definition) is 0. The Morgan fingerprint density at radius 2 is 1.89 bits per heavy atom. The van der Waals surface area contributed by atoms with Gasteiger partial charge in [-0.3, -0.25) is 15.0 Å². The van der Waals surface area contributed by atoms with Gasteiger partial charge in [-0.2, -0.15) is 0 Å². The number of hydrogen-bond acceptors (Lipinski definition) is 7. The SMILES string of the molecule is Cc1occc1-c1nc(N(C)CCc2ccccn2)ncc1-c1cnccn1. The predicted molar refractivity (Wildman–Crippen MR) is 107 cm³/mol. The lowest BCUT2D eigenvalue weighted by Crippen LogP contribution is -2.23. The van der Waals surface area contributed by atoms with E-state index in [4.69, 9.17) is 9.40 Å². The Labute approximate surface area is 163 Å². The molecule has 0 aliphatic heterocycles. The zero-order valence-electron chi connectivity index (χ0n) is 15.8. The van der Waals surface area contributed by atoms with Gasteiger partial charge in [-0.15, -0.1) is 0 Å². The highest BCUT2D eigenvalue weighted by Gasteiger charge is 2.17. The van der Waals surface area contributed by atoms with Crippen LogP contribution in [0.4, 0.5) is 5.95 Å². The Balaban J connectivity index is 1.67. The molecule has 0 atom stereocenters. The zero-order valence-corrected chi connectivity index (χ0v) is 15.8. The fourth-order valence-corrected chi connectivity index (χ4v) is 2.95. The normalized spacial score (nSPS) is 10.8. The average molecular weight is 372 g/mol. The molecule has 4 rings (SSSR count). The minimum atomic E-state index is 0.638. The van der Waals surface area contributed by atoms with Crippen molar-refractivity contribution >= 4 is 5.95 Å². The van der Waals surface area contributed by atoms with E-state index in [9.17, 15) is 0 Å². The highest BCUT2D eigenvalue weighted by molar-refractivity contribution is 5.79. The monoisotopic (exact) mass is 372 g/mol. The van der Waals surface area contributed by atoms with Crippen LogP contribution in [0, 0.1) is 6.92 Å². The molecule has 0 unspecified atom stereocenters. The number of aromatic nitrogens is 5. The highest BCUT2D eigenvalue weighted by atomic mass is 16.3. The predicted octanol–water partition coefficient (Wildman–Crippen LogP) is 3.58. The number of nitrogens with zero attached hydrogens (tertiary/aromatic N) is 6. The molecule has 0 radical (unpaired) electrons. The van der Waals surface area contributed by atoms with Gasteiger partial charge in [0.2, 0.25) is 5.95 Å². The van der Waals surface area contributed by atoms with Crippen LogP contribution in [0.1, 0.15) is 11.5 Å². The molecule has 0 spiro atoms. The van der Waals surface area contributed by atoms with Crippen LogP contribution < -0.4 is 4.90 Å². The van der Waals surface area contributed by atoms with Gasteiger partial charge in [-0.1, -0.05) is 6.07 Å². The summed E-state index contributed by atoms with van der Waals surface area (Å²) in [7, 11) is 1.98. The summed E-state index contributed by atoms with van der Waals surface area (Å²) in [6.45, 7) is 2.67. The number of pyridine rings is 1. The van der Waals surface area contributed by atoms with Crippen LogP contribution in [-0.4, -0.2) is 38.5 Å². The molecule has 0 aliphatic rings. The van der Waals surface area contributed by atoms with E-state index in [-0.39, 0.29) is 0 Å². The molecule has 0 aliphatic carbocycles. The highest BCUT2D eigenvalue weighted by Crippen LogP contribution is 2.32. The fourth-order valence-electron chi connectivity index (χ4n) is 2.95. The Bertz CT molecular complexity index is 1050. The summed E-state index contributed by atoms with van der Waals surface area (Å²) in [5.41, 5.74) is 4.28. The van der Waals surface area contributed by atoms with Crippen LogP contribution in [0.15, 0.2) is 65.9 Å². The molecule has 140 valence electrons. The maximum atomic E-state index is 5.50. The van der Waals surface area contributed by atoms with Gasteiger partial charge in [-0.05, 0) is 25.1 Å². The lowest BCUT2D eigenvalue weighted by molar-refractivity contribution is 0.535. The van der Waals surface area contributed by atoms with Gasteiger partial charge in [0, 0.05) is 61.6 Å². The molecule has 0 saturated heterocycles. The smallest absolute Gasteiger partial charge is 0.225 e. The second-order valence-electron chi connectivity index (χ2n) is 6.41. The van der Waals surface area contributed by atoms with Crippen LogP contribution >= 0.6 is 0 Å². The van der Waals surface area contributed by atoms with Crippen molar-refractivity contribution in [3.8, 4) is 22.5 Å². The van der Waals surface area contributed by atoms with Gasteiger partial charge in [-0.25, -0.2) is 9.97 Å². The first-order valence-corrected chi connectivity index (χ1v) is 9.01. The Morgan fingerprint density at radius 3 is 2.61 bits per heavy atom. The van der Waals surface area contributed by atoms with Crippen LogP contribution in [-0.2, 0) is 6.42 Å². The van der Waals surface area contributed by atoms with Gasteiger partial charge in [0.05, 0.1) is 23.8 Å². The number of aryl methyl sites for hydroxylation is 1. The third-order valence-corrected chi connectivity index (χ3v) is 4.50. The quantitative estimate of drug-likeness (QED) is 0.512. The van der Waals surface area contributed by atoms with Crippen LogP contribution in [0.5, 0.6) is 0 Å². The Hall–Kier alpha value is -3.61. The third-order valence-electron chi connectivity index (χ3n) is 4.50. The van der Waals surface area contributed by atoms with E-state index in [1.54, 1.807) is 37.2 Å². The molecule has 7 nitrogen and oxygen atoms in total. The fraction of sp³-hybridized carbons (Fsp3) is 0.190.